The van der Waals surface area contributed by atoms with Crippen LogP contribution in [0.25, 0.3) is 0 Å². The van der Waals surface area contributed by atoms with Gasteiger partial charge < -0.3 is 4.74 Å². The third-order valence-corrected chi connectivity index (χ3v) is 3.97. The van der Waals surface area contributed by atoms with Gasteiger partial charge in [0.25, 0.3) is 0 Å². The molecule has 1 saturated carbocycles. The minimum Gasteiger partial charge on any atom is -0.477 e. The Bertz CT molecular complexity index is 614. The highest BCUT2D eigenvalue weighted by Gasteiger charge is 2.28. The Labute approximate surface area is 129 Å². The molecule has 110 valence electrons. The maximum absolute atomic E-state index is 6.16. The van der Waals surface area contributed by atoms with Crippen molar-refractivity contribution in [2.24, 2.45) is 0 Å². The van der Waals surface area contributed by atoms with E-state index in [1.807, 2.05) is 31.5 Å². The van der Waals surface area contributed by atoms with Crippen LogP contribution in [0.4, 0.5) is 0 Å². The molecular formula is C16H18ClN3O. The predicted molar refractivity (Wildman–Crippen MR) is 81.8 cm³/mol. The van der Waals surface area contributed by atoms with Gasteiger partial charge in [-0.3, -0.25) is 4.98 Å². The quantitative estimate of drug-likeness (QED) is 0.603. The number of aromatic nitrogens is 3. The monoisotopic (exact) mass is 303 g/mol. The Hall–Kier alpha value is -1.68. The van der Waals surface area contributed by atoms with Crippen LogP contribution < -0.4 is 4.74 Å². The molecule has 1 aliphatic rings. The first-order valence-electron chi connectivity index (χ1n) is 7.30. The summed E-state index contributed by atoms with van der Waals surface area (Å²) in [6.07, 6.45) is 7.83. The number of halogens is 1. The second kappa shape index (κ2) is 6.39. The van der Waals surface area contributed by atoms with Gasteiger partial charge in [-0.25, -0.2) is 4.98 Å². The summed E-state index contributed by atoms with van der Waals surface area (Å²) in [4.78, 5) is 12.9. The normalized spacial score (nSPS) is 14.2. The molecule has 4 nitrogen and oxygen atoms in total. The van der Waals surface area contributed by atoms with Crippen LogP contribution in [0.2, 0.25) is 5.15 Å². The zero-order valence-corrected chi connectivity index (χ0v) is 12.8. The van der Waals surface area contributed by atoms with Crippen LogP contribution in [-0.2, 0) is 6.42 Å². The lowest BCUT2D eigenvalue weighted by Gasteiger charge is -2.10. The molecule has 21 heavy (non-hydrogen) atoms. The van der Waals surface area contributed by atoms with E-state index in [0.717, 1.165) is 37.1 Å². The van der Waals surface area contributed by atoms with Gasteiger partial charge in [0.1, 0.15) is 11.0 Å². The smallest absolute Gasteiger partial charge is 0.221 e. The van der Waals surface area contributed by atoms with Crippen molar-refractivity contribution in [1.82, 2.24) is 15.0 Å². The van der Waals surface area contributed by atoms with E-state index < -0.39 is 0 Å². The Morgan fingerprint density at radius 2 is 2.00 bits per heavy atom. The van der Waals surface area contributed by atoms with Crippen molar-refractivity contribution < 1.29 is 4.74 Å². The van der Waals surface area contributed by atoms with Gasteiger partial charge in [-0.1, -0.05) is 11.6 Å². The summed E-state index contributed by atoms with van der Waals surface area (Å²) < 4.78 is 5.81. The standard InChI is InChI=1S/C16H18ClN3O/c1-11-14(17)19-15(13-4-5-13)20-16(11)21-10-2-3-12-6-8-18-9-7-12/h6-9,13H,2-5,10H2,1H3. The molecule has 0 radical (unpaired) electrons. The van der Waals surface area contributed by atoms with Crippen LogP contribution >= 0.6 is 11.6 Å². The lowest BCUT2D eigenvalue weighted by molar-refractivity contribution is 0.295. The van der Waals surface area contributed by atoms with Gasteiger partial charge in [0.05, 0.1) is 6.61 Å². The molecule has 0 spiro atoms. The van der Waals surface area contributed by atoms with E-state index in [1.165, 1.54) is 5.56 Å². The van der Waals surface area contributed by atoms with Crippen molar-refractivity contribution >= 4 is 11.6 Å². The second-order valence-electron chi connectivity index (χ2n) is 5.38. The number of aryl methyl sites for hydroxylation is 1. The molecule has 2 heterocycles. The Balaban J connectivity index is 1.57. The van der Waals surface area contributed by atoms with Crippen LogP contribution in [0.15, 0.2) is 24.5 Å². The summed E-state index contributed by atoms with van der Waals surface area (Å²) in [6, 6.07) is 4.05. The van der Waals surface area contributed by atoms with E-state index in [4.69, 9.17) is 16.3 Å². The van der Waals surface area contributed by atoms with Crippen LogP contribution in [0, 0.1) is 6.92 Å². The van der Waals surface area contributed by atoms with Crippen molar-refractivity contribution in [3.63, 3.8) is 0 Å². The first-order chi connectivity index (χ1) is 10.2. The lowest BCUT2D eigenvalue weighted by Crippen LogP contribution is -2.05. The summed E-state index contributed by atoms with van der Waals surface area (Å²) in [5.41, 5.74) is 2.09. The zero-order chi connectivity index (χ0) is 14.7. The fourth-order valence-electron chi connectivity index (χ4n) is 2.14. The molecule has 0 amide bonds. The summed E-state index contributed by atoms with van der Waals surface area (Å²) in [5, 5.41) is 0.510. The summed E-state index contributed by atoms with van der Waals surface area (Å²) >= 11 is 6.16. The molecular weight excluding hydrogens is 286 g/mol. The molecule has 2 aromatic heterocycles. The van der Waals surface area contributed by atoms with E-state index >= 15 is 0 Å². The lowest BCUT2D eigenvalue weighted by atomic mass is 10.1. The maximum Gasteiger partial charge on any atom is 0.221 e. The van der Waals surface area contributed by atoms with Crippen molar-refractivity contribution in [3.8, 4) is 5.88 Å². The van der Waals surface area contributed by atoms with Crippen LogP contribution in [0.3, 0.4) is 0 Å². The average Bonchev–Trinajstić information content (AvgIpc) is 3.33. The third kappa shape index (κ3) is 3.70. The maximum atomic E-state index is 6.16. The molecule has 0 bridgehead atoms. The van der Waals surface area contributed by atoms with Crippen molar-refractivity contribution in [2.75, 3.05) is 6.61 Å². The Kier molecular flexibility index (Phi) is 4.34. The molecule has 0 unspecified atom stereocenters. The largest absolute Gasteiger partial charge is 0.477 e. The number of hydrogen-bond acceptors (Lipinski definition) is 4. The van der Waals surface area contributed by atoms with E-state index in [0.29, 0.717) is 23.6 Å². The van der Waals surface area contributed by atoms with Crippen LogP contribution in [0.5, 0.6) is 5.88 Å². The molecule has 0 aromatic carbocycles. The predicted octanol–water partition coefficient (Wildman–Crippen LogP) is 3.72. The molecule has 0 atom stereocenters. The fraction of sp³-hybridized carbons (Fsp3) is 0.438. The average molecular weight is 304 g/mol. The topological polar surface area (TPSA) is 47.9 Å². The number of hydrogen-bond donors (Lipinski definition) is 0. The van der Waals surface area contributed by atoms with E-state index in [-0.39, 0.29) is 0 Å². The fourth-order valence-corrected chi connectivity index (χ4v) is 2.31. The van der Waals surface area contributed by atoms with Gasteiger partial charge in [0.15, 0.2) is 0 Å². The molecule has 5 heteroatoms. The summed E-state index contributed by atoms with van der Waals surface area (Å²) in [5.74, 6) is 1.93. The highest BCUT2D eigenvalue weighted by atomic mass is 35.5. The number of ether oxygens (including phenoxy) is 1. The SMILES string of the molecule is Cc1c(Cl)nc(C2CC2)nc1OCCCc1ccncc1. The van der Waals surface area contributed by atoms with E-state index in [9.17, 15) is 0 Å². The molecule has 1 aliphatic carbocycles. The molecule has 3 rings (SSSR count). The van der Waals surface area contributed by atoms with Gasteiger partial charge >= 0.3 is 0 Å². The molecule has 0 aliphatic heterocycles. The van der Waals surface area contributed by atoms with Crippen LogP contribution in [-0.4, -0.2) is 21.6 Å². The van der Waals surface area contributed by atoms with Crippen molar-refractivity contribution in [3.05, 3.63) is 46.6 Å². The Morgan fingerprint density at radius 3 is 2.71 bits per heavy atom. The van der Waals surface area contributed by atoms with E-state index in [2.05, 4.69) is 15.0 Å². The molecule has 0 saturated heterocycles. The van der Waals surface area contributed by atoms with Crippen molar-refractivity contribution in [2.45, 2.75) is 38.5 Å². The molecule has 0 N–H and O–H groups in total. The minimum absolute atomic E-state index is 0.474. The highest BCUT2D eigenvalue weighted by molar-refractivity contribution is 6.30. The van der Waals surface area contributed by atoms with Gasteiger partial charge in [-0.2, -0.15) is 4.98 Å². The van der Waals surface area contributed by atoms with Gasteiger partial charge in [0, 0.05) is 23.9 Å². The third-order valence-electron chi connectivity index (χ3n) is 3.60. The second-order valence-corrected chi connectivity index (χ2v) is 5.74. The zero-order valence-electron chi connectivity index (χ0n) is 12.1. The number of nitrogens with zero attached hydrogens (tertiary/aromatic N) is 3. The van der Waals surface area contributed by atoms with Gasteiger partial charge in [-0.15, -0.1) is 0 Å². The van der Waals surface area contributed by atoms with Crippen LogP contribution in [0.1, 0.15) is 42.1 Å². The highest BCUT2D eigenvalue weighted by Crippen LogP contribution is 2.39. The number of pyridine rings is 1. The van der Waals surface area contributed by atoms with Gasteiger partial charge in [0.2, 0.25) is 5.88 Å². The first-order valence-corrected chi connectivity index (χ1v) is 7.67. The minimum atomic E-state index is 0.474. The molecule has 2 aromatic rings. The molecule has 1 fully saturated rings. The number of rotatable bonds is 6. The van der Waals surface area contributed by atoms with Crippen molar-refractivity contribution in [1.29, 1.82) is 0 Å². The first kappa shape index (κ1) is 14.3. The van der Waals surface area contributed by atoms with E-state index in [1.54, 1.807) is 0 Å². The summed E-state index contributed by atoms with van der Waals surface area (Å²) in [7, 11) is 0. The summed E-state index contributed by atoms with van der Waals surface area (Å²) in [6.45, 7) is 2.53. The Morgan fingerprint density at radius 1 is 1.24 bits per heavy atom. The van der Waals surface area contributed by atoms with Gasteiger partial charge in [-0.05, 0) is 50.3 Å².